The Hall–Kier alpha value is -0.120. The van der Waals surface area contributed by atoms with E-state index < -0.39 is 11.7 Å². The molecular formula is C11H25NO2. The van der Waals surface area contributed by atoms with Gasteiger partial charge in [-0.1, -0.05) is 27.2 Å². The molecule has 0 saturated carbocycles. The Balaban J connectivity index is 3.94. The van der Waals surface area contributed by atoms with Crippen LogP contribution in [0.2, 0.25) is 0 Å². The molecule has 86 valence electrons. The molecule has 0 aliphatic rings. The molecule has 0 heterocycles. The molecule has 3 atom stereocenters. The third kappa shape index (κ3) is 4.94. The van der Waals surface area contributed by atoms with Crippen molar-refractivity contribution in [3.05, 3.63) is 0 Å². The predicted octanol–water partition coefficient (Wildman–Crippen LogP) is 1.14. The summed E-state index contributed by atoms with van der Waals surface area (Å²) in [6.07, 6.45) is 0.912. The number of nitrogens with one attached hydrogen (secondary N) is 1. The summed E-state index contributed by atoms with van der Waals surface area (Å²) in [6, 6.07) is 0. The van der Waals surface area contributed by atoms with Crippen LogP contribution in [-0.2, 0) is 0 Å². The van der Waals surface area contributed by atoms with Gasteiger partial charge in [-0.15, -0.1) is 0 Å². The molecule has 0 bridgehead atoms. The Labute approximate surface area is 87.5 Å². The molecular weight excluding hydrogens is 178 g/mol. The van der Waals surface area contributed by atoms with E-state index in [2.05, 4.69) is 12.2 Å². The lowest BCUT2D eigenvalue weighted by atomic mass is 9.84. The number of aliphatic hydroxyl groups is 2. The fourth-order valence-corrected chi connectivity index (χ4v) is 1.50. The van der Waals surface area contributed by atoms with Crippen LogP contribution >= 0.6 is 0 Å². The Bertz CT molecular complexity index is 148. The minimum Gasteiger partial charge on any atom is -0.392 e. The Morgan fingerprint density at radius 1 is 1.36 bits per heavy atom. The monoisotopic (exact) mass is 203 g/mol. The average Bonchev–Trinajstić information content (AvgIpc) is 2.12. The lowest BCUT2D eigenvalue weighted by molar-refractivity contribution is -0.0367. The SMILES string of the molecule is CCNCC(O)CC(C)(O)C(C)CC. The summed E-state index contributed by atoms with van der Waals surface area (Å²) in [5, 5.41) is 22.8. The largest absolute Gasteiger partial charge is 0.392 e. The van der Waals surface area contributed by atoms with Crippen LogP contribution in [0, 0.1) is 5.92 Å². The van der Waals surface area contributed by atoms with Crippen LogP contribution in [-0.4, -0.2) is 35.0 Å². The van der Waals surface area contributed by atoms with Crippen LogP contribution in [0.25, 0.3) is 0 Å². The molecule has 3 N–H and O–H groups in total. The molecule has 3 nitrogen and oxygen atoms in total. The summed E-state index contributed by atoms with van der Waals surface area (Å²) in [7, 11) is 0. The third-order valence-electron chi connectivity index (χ3n) is 2.95. The molecule has 0 amide bonds. The molecule has 0 aliphatic heterocycles. The topological polar surface area (TPSA) is 52.5 Å². The summed E-state index contributed by atoms with van der Waals surface area (Å²) in [5.74, 6) is 0.221. The zero-order valence-corrected chi connectivity index (χ0v) is 9.88. The highest BCUT2D eigenvalue weighted by Gasteiger charge is 2.29. The van der Waals surface area contributed by atoms with E-state index in [1.165, 1.54) is 0 Å². The highest BCUT2D eigenvalue weighted by Crippen LogP contribution is 2.24. The van der Waals surface area contributed by atoms with Gasteiger partial charge in [-0.25, -0.2) is 0 Å². The van der Waals surface area contributed by atoms with Gasteiger partial charge in [-0.3, -0.25) is 0 Å². The standard InChI is InChI=1S/C11H25NO2/c1-5-9(3)11(4,14)7-10(13)8-12-6-2/h9-10,12-14H,5-8H2,1-4H3. The van der Waals surface area contributed by atoms with Gasteiger partial charge in [0.1, 0.15) is 0 Å². The first-order valence-corrected chi connectivity index (χ1v) is 5.55. The van der Waals surface area contributed by atoms with E-state index in [9.17, 15) is 10.2 Å². The van der Waals surface area contributed by atoms with Gasteiger partial charge in [-0.05, 0) is 19.4 Å². The first-order valence-electron chi connectivity index (χ1n) is 5.55. The normalized spacial score (nSPS) is 20.1. The van der Waals surface area contributed by atoms with Gasteiger partial charge in [0.2, 0.25) is 0 Å². The highest BCUT2D eigenvalue weighted by atomic mass is 16.3. The van der Waals surface area contributed by atoms with Crippen LogP contribution in [0.4, 0.5) is 0 Å². The molecule has 0 rings (SSSR count). The summed E-state index contributed by atoms with van der Waals surface area (Å²) in [5.41, 5.74) is -0.760. The van der Waals surface area contributed by atoms with Gasteiger partial charge in [0.05, 0.1) is 11.7 Å². The average molecular weight is 203 g/mol. The van der Waals surface area contributed by atoms with E-state index in [0.29, 0.717) is 13.0 Å². The maximum atomic E-state index is 10.1. The molecule has 14 heavy (non-hydrogen) atoms. The van der Waals surface area contributed by atoms with Gasteiger partial charge in [-0.2, -0.15) is 0 Å². The zero-order chi connectivity index (χ0) is 11.2. The highest BCUT2D eigenvalue weighted by molar-refractivity contribution is 4.82. The van der Waals surface area contributed by atoms with Gasteiger partial charge >= 0.3 is 0 Å². The fraction of sp³-hybridized carbons (Fsp3) is 1.00. The zero-order valence-electron chi connectivity index (χ0n) is 9.88. The minimum absolute atomic E-state index is 0.221. The lowest BCUT2D eigenvalue weighted by Crippen LogP contribution is -2.39. The number of rotatable bonds is 7. The lowest BCUT2D eigenvalue weighted by Gasteiger charge is -2.31. The van der Waals surface area contributed by atoms with Gasteiger partial charge in [0, 0.05) is 13.0 Å². The van der Waals surface area contributed by atoms with E-state index in [1.54, 1.807) is 6.92 Å². The quantitative estimate of drug-likeness (QED) is 0.581. The molecule has 0 saturated heterocycles. The van der Waals surface area contributed by atoms with Crippen molar-refractivity contribution >= 4 is 0 Å². The van der Waals surface area contributed by atoms with Crippen LogP contribution in [0.1, 0.15) is 40.5 Å². The second-order valence-electron chi connectivity index (χ2n) is 4.33. The van der Waals surface area contributed by atoms with Crippen molar-refractivity contribution in [2.45, 2.75) is 52.2 Å². The van der Waals surface area contributed by atoms with E-state index in [0.717, 1.165) is 13.0 Å². The Kier molecular flexibility index (Phi) is 6.33. The first-order chi connectivity index (χ1) is 6.44. The minimum atomic E-state index is -0.760. The molecule has 0 fully saturated rings. The van der Waals surface area contributed by atoms with E-state index >= 15 is 0 Å². The molecule has 0 spiro atoms. The number of likely N-dealkylation sites (N-methyl/N-ethyl adjacent to an activating group) is 1. The summed E-state index contributed by atoms with van der Waals surface area (Å²) < 4.78 is 0. The van der Waals surface area contributed by atoms with Crippen molar-refractivity contribution in [1.29, 1.82) is 0 Å². The molecule has 0 aromatic carbocycles. The molecule has 0 aromatic rings. The van der Waals surface area contributed by atoms with Crippen molar-refractivity contribution in [1.82, 2.24) is 5.32 Å². The number of hydrogen-bond donors (Lipinski definition) is 3. The molecule has 0 aromatic heterocycles. The second kappa shape index (κ2) is 6.38. The van der Waals surface area contributed by atoms with Crippen molar-refractivity contribution in [2.24, 2.45) is 5.92 Å². The smallest absolute Gasteiger partial charge is 0.0691 e. The van der Waals surface area contributed by atoms with E-state index in [1.807, 2.05) is 13.8 Å². The molecule has 0 aliphatic carbocycles. The van der Waals surface area contributed by atoms with Gasteiger partial charge < -0.3 is 15.5 Å². The second-order valence-corrected chi connectivity index (χ2v) is 4.33. The third-order valence-corrected chi connectivity index (χ3v) is 2.95. The maximum Gasteiger partial charge on any atom is 0.0691 e. The van der Waals surface area contributed by atoms with Crippen LogP contribution < -0.4 is 5.32 Å². The summed E-state index contributed by atoms with van der Waals surface area (Å²) in [4.78, 5) is 0. The first kappa shape index (κ1) is 13.9. The van der Waals surface area contributed by atoms with Crippen LogP contribution in [0.3, 0.4) is 0 Å². The fourth-order valence-electron chi connectivity index (χ4n) is 1.50. The van der Waals surface area contributed by atoms with Crippen molar-refractivity contribution in [2.75, 3.05) is 13.1 Å². The van der Waals surface area contributed by atoms with Crippen LogP contribution in [0.5, 0.6) is 0 Å². The number of aliphatic hydroxyl groups excluding tert-OH is 1. The van der Waals surface area contributed by atoms with Gasteiger partial charge in [0.25, 0.3) is 0 Å². The predicted molar refractivity (Wildman–Crippen MR) is 59.2 cm³/mol. The van der Waals surface area contributed by atoms with E-state index in [-0.39, 0.29) is 5.92 Å². The Morgan fingerprint density at radius 3 is 2.36 bits per heavy atom. The maximum absolute atomic E-state index is 10.1. The van der Waals surface area contributed by atoms with Crippen molar-refractivity contribution in [3.63, 3.8) is 0 Å². The van der Waals surface area contributed by atoms with Gasteiger partial charge in [0.15, 0.2) is 0 Å². The molecule has 0 radical (unpaired) electrons. The summed E-state index contributed by atoms with van der Waals surface area (Å²) >= 11 is 0. The summed E-state index contributed by atoms with van der Waals surface area (Å²) in [6.45, 7) is 9.28. The van der Waals surface area contributed by atoms with Crippen LogP contribution in [0.15, 0.2) is 0 Å². The van der Waals surface area contributed by atoms with Crippen molar-refractivity contribution < 1.29 is 10.2 Å². The molecule has 3 unspecified atom stereocenters. The Morgan fingerprint density at radius 2 is 1.93 bits per heavy atom. The molecule has 3 heteroatoms. The van der Waals surface area contributed by atoms with Crippen molar-refractivity contribution in [3.8, 4) is 0 Å². The number of hydrogen-bond acceptors (Lipinski definition) is 3. The van der Waals surface area contributed by atoms with E-state index in [4.69, 9.17) is 0 Å².